The maximum atomic E-state index is 12.7. The molecule has 112 valence electrons. The molecule has 1 aliphatic heterocycles. The Balaban J connectivity index is 2.41. The summed E-state index contributed by atoms with van der Waals surface area (Å²) in [6, 6.07) is 6.05. The first-order valence-electron chi connectivity index (χ1n) is 6.27. The van der Waals surface area contributed by atoms with E-state index < -0.39 is 25.9 Å². The van der Waals surface area contributed by atoms with Gasteiger partial charge in [-0.25, -0.2) is 16.8 Å². The van der Waals surface area contributed by atoms with Crippen LogP contribution >= 0.6 is 0 Å². The van der Waals surface area contributed by atoms with Crippen LogP contribution in [0, 0.1) is 0 Å². The molecule has 1 aromatic rings. The van der Waals surface area contributed by atoms with Gasteiger partial charge in [0.25, 0.3) is 0 Å². The van der Waals surface area contributed by atoms with Crippen molar-refractivity contribution in [1.29, 1.82) is 0 Å². The fourth-order valence-corrected chi connectivity index (χ4v) is 5.96. The highest BCUT2D eigenvalue weighted by Gasteiger charge is 2.37. The smallest absolute Gasteiger partial charge is 0.245 e. The first-order valence-corrected chi connectivity index (χ1v) is 9.53. The Morgan fingerprint density at radius 2 is 1.95 bits per heavy atom. The zero-order valence-corrected chi connectivity index (χ0v) is 13.0. The molecule has 0 amide bonds. The van der Waals surface area contributed by atoms with E-state index in [9.17, 15) is 16.8 Å². The third-order valence-electron chi connectivity index (χ3n) is 3.35. The molecule has 1 N–H and O–H groups in total. The Kier molecular flexibility index (Phi) is 4.08. The highest BCUT2D eigenvalue weighted by Crippen LogP contribution is 2.27. The van der Waals surface area contributed by atoms with Crippen LogP contribution in [0.1, 0.15) is 6.92 Å². The van der Waals surface area contributed by atoms with Gasteiger partial charge in [-0.1, -0.05) is 12.1 Å². The van der Waals surface area contributed by atoms with E-state index in [1.807, 2.05) is 0 Å². The number of hydrogen-bond acceptors (Lipinski definition) is 5. The quantitative estimate of drug-likeness (QED) is 0.879. The second kappa shape index (κ2) is 5.34. The Morgan fingerprint density at radius 1 is 1.30 bits per heavy atom. The molecule has 1 heterocycles. The first-order chi connectivity index (χ1) is 9.28. The van der Waals surface area contributed by atoms with Gasteiger partial charge in [0, 0.05) is 19.6 Å². The van der Waals surface area contributed by atoms with Crippen LogP contribution in [0.15, 0.2) is 29.2 Å². The fraction of sp³-hybridized carbons (Fsp3) is 0.500. The van der Waals surface area contributed by atoms with Crippen molar-refractivity contribution < 1.29 is 16.8 Å². The van der Waals surface area contributed by atoms with Gasteiger partial charge in [0.15, 0.2) is 9.84 Å². The lowest BCUT2D eigenvalue weighted by Crippen LogP contribution is -2.49. The molecule has 1 aromatic carbocycles. The normalized spacial score (nSPS) is 23.4. The van der Waals surface area contributed by atoms with Crippen LogP contribution in [0.25, 0.3) is 0 Å². The summed E-state index contributed by atoms with van der Waals surface area (Å²) in [6.45, 7) is 1.63. The Hall–Kier alpha value is -1.12. The molecule has 8 heteroatoms. The van der Waals surface area contributed by atoms with E-state index in [0.29, 0.717) is 5.69 Å². The molecule has 0 spiro atoms. The molecule has 1 fully saturated rings. The number of benzene rings is 1. The van der Waals surface area contributed by atoms with Gasteiger partial charge in [-0.05, 0) is 19.1 Å². The van der Waals surface area contributed by atoms with Gasteiger partial charge in [-0.3, -0.25) is 0 Å². The Morgan fingerprint density at radius 3 is 2.55 bits per heavy atom. The van der Waals surface area contributed by atoms with E-state index in [-0.39, 0.29) is 22.9 Å². The van der Waals surface area contributed by atoms with Gasteiger partial charge in [-0.2, -0.15) is 4.31 Å². The molecule has 0 aromatic heterocycles. The summed E-state index contributed by atoms with van der Waals surface area (Å²) >= 11 is 0. The third-order valence-corrected chi connectivity index (χ3v) is 7.22. The number of para-hydroxylation sites is 1. The SMILES string of the molecule is CNc1ccccc1S(=O)(=O)N1CCS(=O)(=O)CC1C. The standard InChI is InChI=1S/C12H18N2O4S2/c1-10-9-19(15,16)8-7-14(10)20(17,18)12-6-4-3-5-11(12)13-2/h3-6,10,13H,7-9H2,1-2H3. The molecule has 1 saturated heterocycles. The summed E-state index contributed by atoms with van der Waals surface area (Å²) in [5.74, 6) is -0.258. The van der Waals surface area contributed by atoms with E-state index in [2.05, 4.69) is 5.32 Å². The second-order valence-corrected chi connectivity index (χ2v) is 8.91. The molecular weight excluding hydrogens is 300 g/mol. The van der Waals surface area contributed by atoms with Crippen LogP contribution < -0.4 is 5.32 Å². The maximum Gasteiger partial charge on any atom is 0.245 e. The lowest BCUT2D eigenvalue weighted by Gasteiger charge is -2.32. The van der Waals surface area contributed by atoms with Gasteiger partial charge in [-0.15, -0.1) is 0 Å². The average Bonchev–Trinajstić information content (AvgIpc) is 2.37. The highest BCUT2D eigenvalue weighted by molar-refractivity contribution is 7.92. The van der Waals surface area contributed by atoms with Crippen LogP contribution in [0.5, 0.6) is 0 Å². The third kappa shape index (κ3) is 2.82. The number of nitrogens with one attached hydrogen (secondary N) is 1. The van der Waals surface area contributed by atoms with Crippen molar-refractivity contribution in [2.45, 2.75) is 17.9 Å². The van der Waals surface area contributed by atoms with Crippen molar-refractivity contribution in [3.63, 3.8) is 0 Å². The van der Waals surface area contributed by atoms with Crippen LogP contribution in [0.2, 0.25) is 0 Å². The van der Waals surface area contributed by atoms with Gasteiger partial charge in [0.1, 0.15) is 4.90 Å². The van der Waals surface area contributed by atoms with Crippen molar-refractivity contribution in [2.75, 3.05) is 30.4 Å². The van der Waals surface area contributed by atoms with Crippen molar-refractivity contribution in [3.8, 4) is 0 Å². The molecule has 1 unspecified atom stereocenters. The first kappa shape index (κ1) is 15.3. The highest BCUT2D eigenvalue weighted by atomic mass is 32.2. The zero-order valence-electron chi connectivity index (χ0n) is 11.4. The van der Waals surface area contributed by atoms with Crippen LogP contribution in [-0.2, 0) is 19.9 Å². The van der Waals surface area contributed by atoms with Gasteiger partial charge < -0.3 is 5.32 Å². The summed E-state index contributed by atoms with van der Waals surface area (Å²) in [5.41, 5.74) is 0.508. The summed E-state index contributed by atoms with van der Waals surface area (Å²) in [6.07, 6.45) is 0. The minimum absolute atomic E-state index is 0.00385. The van der Waals surface area contributed by atoms with E-state index in [0.717, 1.165) is 0 Å². The molecule has 0 radical (unpaired) electrons. The number of sulfone groups is 1. The lowest BCUT2D eigenvalue weighted by molar-refractivity contribution is 0.357. The molecule has 1 aliphatic rings. The van der Waals surface area contributed by atoms with Gasteiger partial charge in [0.05, 0.1) is 17.2 Å². The predicted molar refractivity (Wildman–Crippen MR) is 78.0 cm³/mol. The lowest BCUT2D eigenvalue weighted by atomic mass is 10.3. The minimum Gasteiger partial charge on any atom is -0.387 e. The van der Waals surface area contributed by atoms with Crippen molar-refractivity contribution in [1.82, 2.24) is 4.31 Å². The van der Waals surface area contributed by atoms with Crippen LogP contribution in [-0.4, -0.2) is 52.3 Å². The zero-order chi connectivity index (χ0) is 15.0. The fourth-order valence-electron chi connectivity index (χ4n) is 2.36. The molecular formula is C12H18N2O4S2. The van der Waals surface area contributed by atoms with Gasteiger partial charge in [0.2, 0.25) is 10.0 Å². The summed E-state index contributed by atoms with van der Waals surface area (Å²) in [5, 5.41) is 2.85. The van der Waals surface area contributed by atoms with Crippen molar-refractivity contribution in [3.05, 3.63) is 24.3 Å². The summed E-state index contributed by atoms with van der Waals surface area (Å²) < 4.78 is 49.7. The molecule has 0 saturated carbocycles. The van der Waals surface area contributed by atoms with E-state index >= 15 is 0 Å². The predicted octanol–water partition coefficient (Wildman–Crippen LogP) is 0.536. The van der Waals surface area contributed by atoms with Crippen LogP contribution in [0.3, 0.4) is 0 Å². The maximum absolute atomic E-state index is 12.7. The van der Waals surface area contributed by atoms with Crippen molar-refractivity contribution in [2.24, 2.45) is 0 Å². The number of rotatable bonds is 3. The van der Waals surface area contributed by atoms with Gasteiger partial charge >= 0.3 is 0 Å². The largest absolute Gasteiger partial charge is 0.387 e. The monoisotopic (exact) mass is 318 g/mol. The minimum atomic E-state index is -3.70. The van der Waals surface area contributed by atoms with E-state index in [1.165, 1.54) is 10.4 Å². The number of hydrogen-bond donors (Lipinski definition) is 1. The Bertz CT molecular complexity index is 698. The average molecular weight is 318 g/mol. The number of sulfonamides is 1. The molecule has 6 nitrogen and oxygen atoms in total. The molecule has 0 aliphatic carbocycles. The van der Waals surface area contributed by atoms with Crippen molar-refractivity contribution >= 4 is 25.5 Å². The topological polar surface area (TPSA) is 83.6 Å². The number of nitrogens with zero attached hydrogens (tertiary/aromatic N) is 1. The molecule has 1 atom stereocenters. The summed E-state index contributed by atoms with van der Waals surface area (Å²) in [4.78, 5) is 0.175. The van der Waals surface area contributed by atoms with Crippen LogP contribution in [0.4, 0.5) is 5.69 Å². The van der Waals surface area contributed by atoms with E-state index in [1.54, 1.807) is 32.2 Å². The Labute approximate surface area is 119 Å². The van der Waals surface area contributed by atoms with E-state index in [4.69, 9.17) is 0 Å². The summed E-state index contributed by atoms with van der Waals surface area (Å²) in [7, 11) is -5.19. The second-order valence-electron chi connectivity index (χ2n) is 4.83. The molecule has 0 bridgehead atoms. The number of anilines is 1. The molecule has 20 heavy (non-hydrogen) atoms. The molecule has 2 rings (SSSR count).